The Morgan fingerprint density at radius 1 is 0.912 bits per heavy atom. The molecular formula is C20H37N7O7. The second-order valence-corrected chi connectivity index (χ2v) is 7.99. The lowest BCUT2D eigenvalue weighted by atomic mass is 9.97. The molecule has 34 heavy (non-hydrogen) atoms. The van der Waals surface area contributed by atoms with E-state index in [4.69, 9.17) is 22.3 Å². The van der Waals surface area contributed by atoms with Gasteiger partial charge in [-0.15, -0.1) is 0 Å². The summed E-state index contributed by atoms with van der Waals surface area (Å²) in [5, 5.41) is 25.4. The zero-order valence-electron chi connectivity index (χ0n) is 19.7. The van der Waals surface area contributed by atoms with Crippen LogP contribution in [0.3, 0.4) is 0 Å². The molecule has 5 atom stereocenters. The van der Waals surface area contributed by atoms with Crippen LogP contribution in [0.15, 0.2) is 4.99 Å². The van der Waals surface area contributed by atoms with E-state index in [-0.39, 0.29) is 37.7 Å². The number of carbonyl (C=O) groups is 5. The van der Waals surface area contributed by atoms with Crippen molar-refractivity contribution in [3.8, 4) is 0 Å². The van der Waals surface area contributed by atoms with Gasteiger partial charge in [0.1, 0.15) is 18.1 Å². The molecule has 0 aliphatic carbocycles. The van der Waals surface area contributed by atoms with Crippen molar-refractivity contribution in [2.24, 2.45) is 28.1 Å². The average molecular weight is 488 g/mol. The predicted octanol–water partition coefficient (Wildman–Crippen LogP) is -2.16. The largest absolute Gasteiger partial charge is 0.481 e. The van der Waals surface area contributed by atoms with Crippen LogP contribution >= 0.6 is 0 Å². The Morgan fingerprint density at radius 3 is 2.03 bits per heavy atom. The van der Waals surface area contributed by atoms with E-state index in [0.29, 0.717) is 12.8 Å². The molecule has 0 aromatic carbocycles. The van der Waals surface area contributed by atoms with Crippen molar-refractivity contribution < 1.29 is 34.2 Å². The van der Waals surface area contributed by atoms with Crippen molar-refractivity contribution in [1.29, 1.82) is 0 Å². The van der Waals surface area contributed by atoms with Gasteiger partial charge in [-0.1, -0.05) is 20.3 Å². The summed E-state index contributed by atoms with van der Waals surface area (Å²) >= 11 is 0. The second kappa shape index (κ2) is 15.4. The minimum absolute atomic E-state index is 0.0678. The summed E-state index contributed by atoms with van der Waals surface area (Å²) in [6, 6.07) is -4.46. The van der Waals surface area contributed by atoms with Crippen molar-refractivity contribution >= 4 is 35.6 Å². The highest BCUT2D eigenvalue weighted by atomic mass is 16.4. The first kappa shape index (κ1) is 30.6. The third-order valence-corrected chi connectivity index (χ3v) is 5.11. The highest BCUT2D eigenvalue weighted by molar-refractivity contribution is 5.94. The van der Waals surface area contributed by atoms with Gasteiger partial charge in [0.25, 0.3) is 0 Å². The zero-order valence-corrected chi connectivity index (χ0v) is 19.7. The van der Waals surface area contributed by atoms with Crippen LogP contribution < -0.4 is 33.2 Å². The van der Waals surface area contributed by atoms with Gasteiger partial charge in [0.2, 0.25) is 17.7 Å². The number of carboxylic acids is 2. The molecule has 0 saturated heterocycles. The molecule has 5 unspecified atom stereocenters. The molecule has 3 amide bonds. The van der Waals surface area contributed by atoms with Crippen LogP contribution in [-0.4, -0.2) is 76.5 Å². The van der Waals surface area contributed by atoms with Gasteiger partial charge >= 0.3 is 11.9 Å². The Bertz CT molecular complexity index is 756. The fourth-order valence-corrected chi connectivity index (χ4v) is 2.80. The maximum atomic E-state index is 12.8. The van der Waals surface area contributed by atoms with E-state index in [2.05, 4.69) is 20.9 Å². The summed E-state index contributed by atoms with van der Waals surface area (Å²) < 4.78 is 0. The summed E-state index contributed by atoms with van der Waals surface area (Å²) in [5.41, 5.74) is 16.1. The van der Waals surface area contributed by atoms with Gasteiger partial charge in [0.05, 0.1) is 6.04 Å². The molecule has 0 heterocycles. The molecule has 0 radical (unpaired) electrons. The van der Waals surface area contributed by atoms with Gasteiger partial charge in [0.15, 0.2) is 5.96 Å². The van der Waals surface area contributed by atoms with Crippen LogP contribution in [0.4, 0.5) is 0 Å². The molecule has 14 heteroatoms. The van der Waals surface area contributed by atoms with Gasteiger partial charge in [-0.25, -0.2) is 4.79 Å². The average Bonchev–Trinajstić information content (AvgIpc) is 2.76. The lowest BCUT2D eigenvalue weighted by molar-refractivity contribution is -0.142. The van der Waals surface area contributed by atoms with Crippen molar-refractivity contribution in [3.05, 3.63) is 0 Å². The first-order valence-corrected chi connectivity index (χ1v) is 11.0. The van der Waals surface area contributed by atoms with Gasteiger partial charge in [-0.2, -0.15) is 0 Å². The summed E-state index contributed by atoms with van der Waals surface area (Å²) in [6.07, 6.45) is 0.482. The lowest BCUT2D eigenvalue weighted by Crippen LogP contribution is -2.58. The van der Waals surface area contributed by atoms with E-state index in [9.17, 15) is 29.1 Å². The summed E-state index contributed by atoms with van der Waals surface area (Å²) in [4.78, 5) is 63.4. The van der Waals surface area contributed by atoms with Gasteiger partial charge in [0, 0.05) is 13.0 Å². The number of carboxylic acid groups (broad SMARTS) is 2. The molecule has 14 nitrogen and oxygen atoms in total. The second-order valence-electron chi connectivity index (χ2n) is 7.99. The van der Waals surface area contributed by atoms with Crippen LogP contribution in [0, 0.1) is 5.92 Å². The molecule has 0 spiro atoms. The highest BCUT2D eigenvalue weighted by Gasteiger charge is 2.31. The number of aliphatic carboxylic acids is 2. The fourth-order valence-electron chi connectivity index (χ4n) is 2.80. The van der Waals surface area contributed by atoms with Crippen LogP contribution in [0.5, 0.6) is 0 Å². The Balaban J connectivity index is 5.06. The lowest BCUT2D eigenvalue weighted by Gasteiger charge is -2.26. The van der Waals surface area contributed by atoms with Crippen LogP contribution in [0.2, 0.25) is 0 Å². The molecule has 0 aromatic heterocycles. The molecule has 0 rings (SSSR count). The Morgan fingerprint density at radius 2 is 1.53 bits per heavy atom. The number of nitrogens with two attached hydrogens (primary N) is 3. The molecule has 0 aliphatic rings. The standard InChI is InChI=1S/C20H37N7O7/c1-4-10(2)15(27-17(31)12(21)7-8-14(28)29)18(32)25-11(3)16(30)26-13(19(33)34)6-5-9-24-20(22)23/h10-13,15H,4-9,21H2,1-3H3,(H,25,32)(H,26,30)(H,27,31)(H,28,29)(H,33,34)(H4,22,23,24). The number of carbonyl (C=O) groups excluding carboxylic acids is 3. The summed E-state index contributed by atoms with van der Waals surface area (Å²) in [6.45, 7) is 5.09. The van der Waals surface area contributed by atoms with E-state index in [1.165, 1.54) is 6.92 Å². The number of hydrogen-bond acceptors (Lipinski definition) is 7. The molecule has 0 saturated carbocycles. The van der Waals surface area contributed by atoms with Crippen molar-refractivity contribution in [2.45, 2.75) is 77.0 Å². The summed E-state index contributed by atoms with van der Waals surface area (Å²) in [7, 11) is 0. The van der Waals surface area contributed by atoms with Crippen molar-refractivity contribution in [2.75, 3.05) is 6.54 Å². The van der Waals surface area contributed by atoms with Crippen LogP contribution in [-0.2, 0) is 24.0 Å². The molecule has 0 aromatic rings. The van der Waals surface area contributed by atoms with E-state index >= 15 is 0 Å². The number of guanidine groups is 1. The van der Waals surface area contributed by atoms with Crippen molar-refractivity contribution in [1.82, 2.24) is 16.0 Å². The molecular weight excluding hydrogens is 450 g/mol. The van der Waals surface area contributed by atoms with Crippen LogP contribution in [0.25, 0.3) is 0 Å². The van der Waals surface area contributed by atoms with Gasteiger partial charge < -0.3 is 43.4 Å². The minimum atomic E-state index is -1.25. The van der Waals surface area contributed by atoms with E-state index < -0.39 is 53.8 Å². The minimum Gasteiger partial charge on any atom is -0.481 e. The molecule has 194 valence electrons. The monoisotopic (exact) mass is 487 g/mol. The maximum Gasteiger partial charge on any atom is 0.326 e. The van der Waals surface area contributed by atoms with Gasteiger partial charge in [-0.3, -0.25) is 24.2 Å². The Kier molecular flexibility index (Phi) is 13.9. The predicted molar refractivity (Wildman–Crippen MR) is 123 cm³/mol. The number of amides is 3. The number of aliphatic imine (C=N–C) groups is 1. The number of nitrogens with zero attached hydrogens (tertiary/aromatic N) is 1. The first-order chi connectivity index (χ1) is 15.8. The summed E-state index contributed by atoms with van der Waals surface area (Å²) in [5.74, 6) is -4.88. The topological polar surface area (TPSA) is 252 Å². The normalized spacial score (nSPS) is 15.1. The Labute approximate surface area is 198 Å². The number of hydrogen-bond donors (Lipinski definition) is 8. The smallest absolute Gasteiger partial charge is 0.326 e. The molecule has 0 fully saturated rings. The Hall–Kier alpha value is -3.42. The van der Waals surface area contributed by atoms with Crippen LogP contribution in [0.1, 0.15) is 52.9 Å². The fraction of sp³-hybridized carbons (Fsp3) is 0.700. The number of nitrogens with one attached hydrogen (secondary N) is 3. The maximum absolute atomic E-state index is 12.8. The SMILES string of the molecule is CCC(C)C(NC(=O)C(N)CCC(=O)O)C(=O)NC(C)C(=O)NC(CCCN=C(N)N)C(=O)O. The van der Waals surface area contributed by atoms with E-state index in [1.54, 1.807) is 13.8 Å². The van der Waals surface area contributed by atoms with E-state index in [1.807, 2.05) is 0 Å². The molecule has 0 bridgehead atoms. The first-order valence-electron chi connectivity index (χ1n) is 11.0. The quantitative estimate of drug-likeness (QED) is 0.0664. The molecule has 11 N–H and O–H groups in total. The third kappa shape index (κ3) is 12.0. The zero-order chi connectivity index (χ0) is 26.4. The molecule has 0 aliphatic heterocycles. The van der Waals surface area contributed by atoms with Crippen molar-refractivity contribution in [3.63, 3.8) is 0 Å². The number of rotatable bonds is 16. The highest BCUT2D eigenvalue weighted by Crippen LogP contribution is 2.09. The van der Waals surface area contributed by atoms with E-state index in [0.717, 1.165) is 0 Å². The van der Waals surface area contributed by atoms with Gasteiger partial charge in [-0.05, 0) is 32.1 Å². The third-order valence-electron chi connectivity index (χ3n) is 5.11.